The van der Waals surface area contributed by atoms with Gasteiger partial charge in [0, 0.05) is 48.3 Å². The van der Waals surface area contributed by atoms with E-state index in [-0.39, 0.29) is 0 Å². The number of amides is 1. The number of ether oxygens (including phenoxy) is 2. The molecule has 1 saturated heterocycles. The van der Waals surface area contributed by atoms with E-state index in [1.807, 2.05) is 34.6 Å². The highest BCUT2D eigenvalue weighted by atomic mass is 32.2. The van der Waals surface area contributed by atoms with Crippen LogP contribution >= 0.6 is 11.9 Å². The van der Waals surface area contributed by atoms with Gasteiger partial charge in [-0.15, -0.1) is 0 Å². The van der Waals surface area contributed by atoms with Crippen molar-refractivity contribution in [2.24, 2.45) is 4.40 Å². The molecule has 1 amide bonds. The molecule has 4 aliphatic rings. The molecule has 10 nitrogen and oxygen atoms in total. The highest BCUT2D eigenvalue weighted by molar-refractivity contribution is 7.97. The smallest absolute Gasteiger partial charge is 0.413 e. The lowest BCUT2D eigenvalue weighted by molar-refractivity contribution is 0.0563. The zero-order valence-corrected chi connectivity index (χ0v) is 24.0. The van der Waals surface area contributed by atoms with E-state index in [0.717, 1.165) is 57.9 Å². The van der Waals surface area contributed by atoms with Gasteiger partial charge in [-0.3, -0.25) is 15.2 Å². The summed E-state index contributed by atoms with van der Waals surface area (Å²) in [5.41, 5.74) is 6.35. The van der Waals surface area contributed by atoms with Gasteiger partial charge in [-0.1, -0.05) is 0 Å². The van der Waals surface area contributed by atoms with Crippen LogP contribution in [0.3, 0.4) is 0 Å². The van der Waals surface area contributed by atoms with Crippen LogP contribution in [0.5, 0.6) is 5.75 Å². The highest BCUT2D eigenvalue weighted by Gasteiger charge is 2.31. The van der Waals surface area contributed by atoms with E-state index in [1.54, 1.807) is 18.1 Å². The molecule has 0 saturated carbocycles. The Balaban J connectivity index is 1.53. The van der Waals surface area contributed by atoms with E-state index in [1.165, 1.54) is 11.9 Å². The fraction of sp³-hybridized carbons (Fsp3) is 0.519. The number of alkyl carbamates (subject to hydrolysis) is 1. The van der Waals surface area contributed by atoms with Gasteiger partial charge in [-0.05, 0) is 70.2 Å². The summed E-state index contributed by atoms with van der Waals surface area (Å²) < 4.78 is 29.0. The Hall–Kier alpha value is -3.25. The van der Waals surface area contributed by atoms with Crippen LogP contribution in [0.25, 0.3) is 11.3 Å². The molecule has 0 unspecified atom stereocenters. The maximum absolute atomic E-state index is 13.4. The first-order valence-corrected chi connectivity index (χ1v) is 13.9. The number of carbonyl (C=O) groups is 1. The van der Waals surface area contributed by atoms with E-state index in [0.29, 0.717) is 36.9 Å². The predicted molar refractivity (Wildman–Crippen MR) is 148 cm³/mol. The number of methoxy groups -OCH3 is 1. The number of aromatic nitrogens is 4. The zero-order chi connectivity index (χ0) is 27.9. The highest BCUT2D eigenvalue weighted by Crippen LogP contribution is 2.38. The molecule has 0 aromatic carbocycles. The van der Waals surface area contributed by atoms with Gasteiger partial charge in [-0.2, -0.15) is 19.4 Å². The van der Waals surface area contributed by atoms with Gasteiger partial charge >= 0.3 is 6.09 Å². The Kier molecular flexibility index (Phi) is 7.51. The molecule has 1 fully saturated rings. The van der Waals surface area contributed by atoms with Crippen molar-refractivity contribution in [3.05, 3.63) is 45.9 Å². The Morgan fingerprint density at radius 3 is 2.72 bits per heavy atom. The van der Waals surface area contributed by atoms with Gasteiger partial charge in [0.2, 0.25) is 0 Å². The van der Waals surface area contributed by atoms with Crippen LogP contribution in [-0.2, 0) is 23.5 Å². The maximum Gasteiger partial charge on any atom is 0.413 e. The quantitative estimate of drug-likeness (QED) is 0.454. The number of pyridine rings is 1. The average Bonchev–Trinajstić information content (AvgIpc) is 3.07. The van der Waals surface area contributed by atoms with Crippen LogP contribution < -0.4 is 10.1 Å². The second-order valence-corrected chi connectivity index (χ2v) is 11.7. The Labute approximate surface area is 231 Å². The number of alkyl halides is 1. The average molecular weight is 556 g/mol. The van der Waals surface area contributed by atoms with E-state index in [9.17, 15) is 9.18 Å². The molecule has 0 atom stereocenters. The molecular formula is C27H34FN7O3S. The van der Waals surface area contributed by atoms with Gasteiger partial charge in [-0.25, -0.2) is 9.18 Å². The minimum atomic E-state index is -0.732. The van der Waals surface area contributed by atoms with Gasteiger partial charge in [0.05, 0.1) is 18.5 Å². The monoisotopic (exact) mass is 555 g/mol. The Morgan fingerprint density at radius 1 is 1.26 bits per heavy atom. The number of aryl methyl sites for hydroxylation is 1. The van der Waals surface area contributed by atoms with E-state index >= 15 is 0 Å². The van der Waals surface area contributed by atoms with E-state index in [4.69, 9.17) is 19.7 Å². The molecule has 4 heterocycles. The first-order chi connectivity index (χ1) is 18.5. The molecule has 1 aromatic rings. The number of hydrogen-bond donors (Lipinski definition) is 1. The van der Waals surface area contributed by atoms with Crippen molar-refractivity contribution in [3.8, 4) is 17.0 Å². The summed E-state index contributed by atoms with van der Waals surface area (Å²) >= 11 is 1.34. The molecule has 0 radical (unpaired) electrons. The summed E-state index contributed by atoms with van der Waals surface area (Å²) in [6, 6.07) is 2.08. The first kappa shape index (κ1) is 27.3. The molecule has 1 N–H and O–H groups in total. The summed E-state index contributed by atoms with van der Waals surface area (Å²) in [5, 5.41) is 12.5. The summed E-state index contributed by atoms with van der Waals surface area (Å²) in [6.07, 6.45) is 1.21. The number of likely N-dealkylation sites (tertiary alicyclic amines) is 1. The molecule has 0 bridgehead atoms. The summed E-state index contributed by atoms with van der Waals surface area (Å²) in [4.78, 5) is 21.0. The molecular weight excluding hydrogens is 521 g/mol. The molecule has 1 aliphatic carbocycles. The summed E-state index contributed by atoms with van der Waals surface area (Å²) in [6.45, 7) is 11.4. The van der Waals surface area contributed by atoms with E-state index in [2.05, 4.69) is 25.7 Å². The van der Waals surface area contributed by atoms with Crippen LogP contribution in [0.4, 0.5) is 9.18 Å². The molecule has 5 rings (SSSR count). The standard InChI is InChI=1S/C27H34FN7O3S/c1-15-10-29-21(16(2)24(15)37-6)13-35-31-20-9-17(7-8-34-11-18(28)12-34)19-14-39-33-25(23(32-35)22(19)20)30-26(36)38-27(3,4)5/h9-10,18H,7-8,11-14H2,1-6H3,(H,30,33,36). The van der Waals surface area contributed by atoms with Crippen LogP contribution in [0.15, 0.2) is 16.7 Å². The third-order valence-corrected chi connectivity index (χ3v) is 7.52. The van der Waals surface area contributed by atoms with Crippen molar-refractivity contribution < 1.29 is 18.7 Å². The van der Waals surface area contributed by atoms with Crippen molar-refractivity contribution in [2.75, 3.05) is 26.7 Å². The molecule has 208 valence electrons. The SMILES string of the molecule is COc1c(C)cnc(Cn2nc3cc(CCN4CC(F)C4)c4c-3c(n2)C(NC(=O)OC(C)(C)C)=NSC4)c1C. The topological polar surface area (TPSA) is 107 Å². The lowest BCUT2D eigenvalue weighted by atomic mass is 10.1. The van der Waals surface area contributed by atoms with Crippen LogP contribution in [0.2, 0.25) is 0 Å². The number of carbonyl (C=O) groups excluding carboxylic acids is 1. The molecule has 12 heteroatoms. The Morgan fingerprint density at radius 2 is 2.03 bits per heavy atom. The second-order valence-electron chi connectivity index (χ2n) is 11.0. The lowest BCUT2D eigenvalue weighted by Crippen LogP contribution is -2.48. The molecule has 3 aliphatic heterocycles. The van der Waals surface area contributed by atoms with Crippen molar-refractivity contribution in [1.82, 2.24) is 30.2 Å². The maximum atomic E-state index is 13.4. The number of rotatable bonds is 6. The van der Waals surface area contributed by atoms with Crippen molar-refractivity contribution in [2.45, 2.75) is 65.1 Å². The Bertz CT molecular complexity index is 1390. The van der Waals surface area contributed by atoms with Crippen molar-refractivity contribution >= 4 is 23.9 Å². The largest absolute Gasteiger partial charge is 0.496 e. The van der Waals surface area contributed by atoms with Crippen molar-refractivity contribution in [3.63, 3.8) is 0 Å². The number of hydrogen-bond acceptors (Lipinski definition) is 9. The number of nitrogens with one attached hydrogen (secondary N) is 1. The summed E-state index contributed by atoms with van der Waals surface area (Å²) in [7, 11) is 1.64. The molecule has 0 spiro atoms. The van der Waals surface area contributed by atoms with Crippen LogP contribution in [-0.4, -0.2) is 75.3 Å². The van der Waals surface area contributed by atoms with E-state index < -0.39 is 17.9 Å². The van der Waals surface area contributed by atoms with Crippen molar-refractivity contribution in [1.29, 1.82) is 0 Å². The lowest BCUT2D eigenvalue weighted by Gasteiger charge is -2.34. The number of amidine groups is 1. The third-order valence-electron chi connectivity index (χ3n) is 6.79. The number of nitrogens with zero attached hydrogens (tertiary/aromatic N) is 6. The van der Waals surface area contributed by atoms with Gasteiger partial charge < -0.3 is 9.47 Å². The summed E-state index contributed by atoms with van der Waals surface area (Å²) in [5.74, 6) is 1.71. The third kappa shape index (κ3) is 5.86. The van der Waals surface area contributed by atoms with Gasteiger partial charge in [0.15, 0.2) is 5.84 Å². The fourth-order valence-electron chi connectivity index (χ4n) is 4.94. The normalized spacial score (nSPS) is 16.0. The predicted octanol–water partition coefficient (Wildman–Crippen LogP) is 4.08. The molecule has 39 heavy (non-hydrogen) atoms. The van der Waals surface area contributed by atoms with Crippen LogP contribution in [0, 0.1) is 13.8 Å². The second kappa shape index (κ2) is 10.7. The minimum absolute atomic E-state index is 0.305. The van der Waals surface area contributed by atoms with Crippen LogP contribution in [0.1, 0.15) is 54.4 Å². The minimum Gasteiger partial charge on any atom is -0.496 e. The first-order valence-electron chi connectivity index (χ1n) is 13.0. The molecule has 1 aromatic heterocycles. The fourth-order valence-corrected chi connectivity index (χ4v) is 5.72. The van der Waals surface area contributed by atoms with Gasteiger partial charge in [0.1, 0.15) is 29.8 Å². The number of halogens is 1. The van der Waals surface area contributed by atoms with Gasteiger partial charge in [0.25, 0.3) is 0 Å². The zero-order valence-electron chi connectivity index (χ0n) is 23.2.